The molecular weight excluding hydrogens is 365 g/mol. The summed E-state index contributed by atoms with van der Waals surface area (Å²) in [6.07, 6.45) is 3.66. The molecule has 2 N–H and O–H groups in total. The Kier molecular flexibility index (Phi) is 4.52. The molecule has 0 unspecified atom stereocenters. The van der Waals surface area contributed by atoms with Gasteiger partial charge in [-0.3, -0.25) is 4.79 Å². The zero-order valence-corrected chi connectivity index (χ0v) is 14.8. The molecule has 0 spiro atoms. The van der Waals surface area contributed by atoms with E-state index >= 15 is 0 Å². The maximum atomic E-state index is 13.0. The third-order valence-corrected chi connectivity index (χ3v) is 4.81. The molecule has 1 amide bonds. The quantitative estimate of drug-likeness (QED) is 0.670. The first kappa shape index (κ1) is 17.1. The van der Waals surface area contributed by atoms with Crippen LogP contribution >= 0.6 is 11.8 Å². The Morgan fingerprint density at radius 2 is 1.81 bits per heavy atom. The molecule has 0 atom stereocenters. The summed E-state index contributed by atoms with van der Waals surface area (Å²) < 4.78 is 14.9. The van der Waals surface area contributed by atoms with Gasteiger partial charge >= 0.3 is 0 Å². The van der Waals surface area contributed by atoms with Gasteiger partial charge in [-0.25, -0.2) is 9.38 Å². The number of benzene rings is 2. The molecule has 0 radical (unpaired) electrons. The molecule has 1 aliphatic heterocycles. The van der Waals surface area contributed by atoms with Gasteiger partial charge in [-0.15, -0.1) is 0 Å². The minimum Gasteiger partial charge on any atom is -0.508 e. The van der Waals surface area contributed by atoms with Crippen molar-refractivity contribution in [3.63, 3.8) is 0 Å². The van der Waals surface area contributed by atoms with E-state index in [-0.39, 0.29) is 17.5 Å². The monoisotopic (exact) mass is 379 g/mol. The zero-order valence-electron chi connectivity index (χ0n) is 14.0. The number of nitrogens with one attached hydrogen (secondary N) is 1. The molecule has 3 aromatic rings. The zero-order chi connectivity index (χ0) is 18.8. The van der Waals surface area contributed by atoms with E-state index in [2.05, 4.69) is 10.3 Å². The number of aliphatic imine (C=N–C) groups is 1. The van der Waals surface area contributed by atoms with Gasteiger partial charge in [0.2, 0.25) is 0 Å². The number of phenolic OH excluding ortho intramolecular Hbond substituents is 1. The first-order chi connectivity index (χ1) is 13.1. The van der Waals surface area contributed by atoms with Gasteiger partial charge in [0.15, 0.2) is 5.17 Å². The van der Waals surface area contributed by atoms with E-state index in [1.807, 2.05) is 22.9 Å². The number of halogens is 1. The van der Waals surface area contributed by atoms with Crippen molar-refractivity contribution in [2.75, 3.05) is 0 Å². The second-order valence-corrected chi connectivity index (χ2v) is 6.81. The van der Waals surface area contributed by atoms with Crippen molar-refractivity contribution in [2.45, 2.75) is 0 Å². The molecule has 2 aromatic carbocycles. The van der Waals surface area contributed by atoms with E-state index in [1.54, 1.807) is 42.5 Å². The molecule has 4 rings (SSSR count). The average Bonchev–Trinajstić information content (AvgIpc) is 3.25. The van der Waals surface area contributed by atoms with E-state index in [4.69, 9.17) is 0 Å². The fourth-order valence-corrected chi connectivity index (χ4v) is 3.43. The lowest BCUT2D eigenvalue weighted by molar-refractivity contribution is -0.115. The number of aromatic nitrogens is 1. The van der Waals surface area contributed by atoms with Crippen molar-refractivity contribution < 1.29 is 14.3 Å². The summed E-state index contributed by atoms with van der Waals surface area (Å²) in [5.41, 5.74) is 2.25. The highest BCUT2D eigenvalue weighted by molar-refractivity contribution is 8.18. The smallest absolute Gasteiger partial charge is 0.264 e. The van der Waals surface area contributed by atoms with E-state index < -0.39 is 0 Å². The van der Waals surface area contributed by atoms with Crippen molar-refractivity contribution in [1.29, 1.82) is 0 Å². The molecule has 2 heterocycles. The lowest BCUT2D eigenvalue weighted by Crippen LogP contribution is -2.19. The molecule has 0 bridgehead atoms. The molecule has 7 heteroatoms. The van der Waals surface area contributed by atoms with Crippen LogP contribution in [-0.2, 0) is 4.79 Å². The summed E-state index contributed by atoms with van der Waals surface area (Å²) in [6.45, 7) is 0. The highest BCUT2D eigenvalue weighted by Gasteiger charge is 2.24. The predicted octanol–water partition coefficient (Wildman–Crippen LogP) is 4.21. The molecule has 0 saturated carbocycles. The Morgan fingerprint density at radius 1 is 1.07 bits per heavy atom. The minimum atomic E-state index is -0.336. The Bertz CT molecular complexity index is 1050. The predicted molar refractivity (Wildman–Crippen MR) is 105 cm³/mol. The van der Waals surface area contributed by atoms with E-state index in [9.17, 15) is 14.3 Å². The van der Waals surface area contributed by atoms with Crippen molar-refractivity contribution in [3.05, 3.63) is 83.3 Å². The van der Waals surface area contributed by atoms with Crippen LogP contribution in [0, 0.1) is 5.82 Å². The number of carbonyl (C=O) groups is 1. The maximum absolute atomic E-state index is 13.0. The van der Waals surface area contributed by atoms with Gasteiger partial charge in [-0.05, 0) is 78.5 Å². The van der Waals surface area contributed by atoms with E-state index in [0.29, 0.717) is 15.8 Å². The lowest BCUT2D eigenvalue weighted by atomic mass is 10.3. The molecule has 0 aliphatic carbocycles. The number of hydrogen-bond donors (Lipinski definition) is 2. The standard InChI is InChI=1S/C20H14FN3O2S/c21-13-3-5-14(6-4-13)22-20-23-19(26)18(27-20)12-16-2-1-11-24(16)15-7-9-17(25)10-8-15/h1-12,25H,(H,22,23,26)/b18-12+. The molecular formula is C20H14FN3O2S. The van der Waals surface area contributed by atoms with Crippen molar-refractivity contribution >= 4 is 34.6 Å². The molecule has 1 aliphatic rings. The van der Waals surface area contributed by atoms with E-state index in [0.717, 1.165) is 11.4 Å². The number of aromatic hydroxyl groups is 1. The number of amides is 1. The normalized spacial score (nSPS) is 16.9. The van der Waals surface area contributed by atoms with Crippen LogP contribution < -0.4 is 5.32 Å². The van der Waals surface area contributed by atoms with Gasteiger partial charge in [0.05, 0.1) is 10.6 Å². The Morgan fingerprint density at radius 3 is 2.56 bits per heavy atom. The molecule has 134 valence electrons. The molecule has 5 nitrogen and oxygen atoms in total. The van der Waals surface area contributed by atoms with E-state index in [1.165, 1.54) is 23.9 Å². The number of amidine groups is 1. The Labute approximate surface area is 158 Å². The number of thioether (sulfide) groups is 1. The summed E-state index contributed by atoms with van der Waals surface area (Å²) in [7, 11) is 0. The van der Waals surface area contributed by atoms with Crippen LogP contribution in [-0.4, -0.2) is 20.7 Å². The average molecular weight is 379 g/mol. The number of rotatable bonds is 3. The maximum Gasteiger partial charge on any atom is 0.264 e. The van der Waals surface area contributed by atoms with Crippen LogP contribution in [0.4, 0.5) is 10.1 Å². The number of hydrogen-bond acceptors (Lipinski definition) is 4. The number of phenols is 1. The molecule has 27 heavy (non-hydrogen) atoms. The van der Waals surface area contributed by atoms with Crippen LogP contribution in [0.1, 0.15) is 5.69 Å². The lowest BCUT2D eigenvalue weighted by Gasteiger charge is -2.06. The van der Waals surface area contributed by atoms with Gasteiger partial charge in [-0.1, -0.05) is 0 Å². The fourth-order valence-electron chi connectivity index (χ4n) is 2.61. The summed E-state index contributed by atoms with van der Waals surface area (Å²) in [6, 6.07) is 16.3. The first-order valence-corrected chi connectivity index (χ1v) is 8.92. The summed E-state index contributed by atoms with van der Waals surface area (Å²) in [5.74, 6) is -0.380. The van der Waals surface area contributed by atoms with Crippen molar-refractivity contribution in [1.82, 2.24) is 9.88 Å². The van der Waals surface area contributed by atoms with Crippen LogP contribution in [0.3, 0.4) is 0 Å². The van der Waals surface area contributed by atoms with Gasteiger partial charge in [0, 0.05) is 17.6 Å². The fraction of sp³-hybridized carbons (Fsp3) is 0. The first-order valence-electron chi connectivity index (χ1n) is 8.10. The largest absolute Gasteiger partial charge is 0.508 e. The highest BCUT2D eigenvalue weighted by Crippen LogP contribution is 2.29. The van der Waals surface area contributed by atoms with Gasteiger partial charge < -0.3 is 15.0 Å². The second kappa shape index (κ2) is 7.13. The third-order valence-electron chi connectivity index (χ3n) is 3.90. The SMILES string of the molecule is O=C1NC(=Nc2ccc(F)cc2)S/C1=C/c1cccn1-c1ccc(O)cc1. The van der Waals surface area contributed by atoms with Crippen molar-refractivity contribution in [3.8, 4) is 11.4 Å². The molecule has 1 fully saturated rings. The molecule has 1 aromatic heterocycles. The second-order valence-electron chi connectivity index (χ2n) is 5.78. The van der Waals surface area contributed by atoms with Crippen LogP contribution in [0.15, 0.2) is 76.8 Å². The van der Waals surface area contributed by atoms with Gasteiger partial charge in [0.1, 0.15) is 11.6 Å². The topological polar surface area (TPSA) is 66.6 Å². The minimum absolute atomic E-state index is 0.193. The van der Waals surface area contributed by atoms with Crippen LogP contribution in [0.2, 0.25) is 0 Å². The number of nitrogens with zero attached hydrogens (tertiary/aromatic N) is 2. The summed E-state index contributed by atoms with van der Waals surface area (Å²) in [5, 5.41) is 12.6. The molecule has 1 saturated heterocycles. The Hall–Kier alpha value is -3.32. The third kappa shape index (κ3) is 3.78. The summed E-state index contributed by atoms with van der Waals surface area (Å²) in [4.78, 5) is 17.1. The highest BCUT2D eigenvalue weighted by atomic mass is 32.2. The van der Waals surface area contributed by atoms with Crippen molar-refractivity contribution in [2.24, 2.45) is 4.99 Å². The van der Waals surface area contributed by atoms with Gasteiger partial charge in [0.25, 0.3) is 5.91 Å². The van der Waals surface area contributed by atoms with Crippen LogP contribution in [0.5, 0.6) is 5.75 Å². The summed E-state index contributed by atoms with van der Waals surface area (Å²) >= 11 is 1.23. The van der Waals surface area contributed by atoms with Gasteiger partial charge in [-0.2, -0.15) is 0 Å². The van der Waals surface area contributed by atoms with Crippen LogP contribution in [0.25, 0.3) is 11.8 Å². The Balaban J connectivity index is 1.60. The number of carbonyl (C=O) groups excluding carboxylic acids is 1.